The fraction of sp³-hybridized carbons (Fsp3) is 0.471. The molecule has 0 aliphatic heterocycles. The van der Waals surface area contributed by atoms with Gasteiger partial charge >= 0.3 is 11.9 Å². The van der Waals surface area contributed by atoms with Crippen LogP contribution in [0.5, 0.6) is 11.5 Å². The number of rotatable bonds is 15. The Morgan fingerprint density at radius 1 is 1.07 bits per heavy atom. The van der Waals surface area contributed by atoms with Crippen LogP contribution in [-0.2, 0) is 28.7 Å². The van der Waals surface area contributed by atoms with Crippen molar-refractivity contribution in [2.45, 2.75) is 6.04 Å². The Kier molecular flexibility index (Phi) is 11.7. The van der Waals surface area contributed by atoms with Gasteiger partial charge in [0.1, 0.15) is 44.0 Å². The third-order valence-corrected chi connectivity index (χ3v) is 4.28. The highest BCUT2D eigenvalue weighted by molar-refractivity contribution is 8.00. The SMILES string of the molecule is COC(=O)[C@H](N)CSCC(=O)C(=O)OCCOc1ccc(OCCO[N+](=O)[O-])cc1. The zero-order chi connectivity index (χ0) is 22.4. The van der Waals surface area contributed by atoms with E-state index in [2.05, 4.69) is 9.57 Å². The number of carbonyl (C=O) groups excluding carboxylic acids is 3. The summed E-state index contributed by atoms with van der Waals surface area (Å²) in [4.78, 5) is 48.5. The smallest absolute Gasteiger partial charge is 0.375 e. The number of ketones is 1. The maximum absolute atomic E-state index is 11.7. The molecule has 1 atom stereocenters. The lowest BCUT2D eigenvalue weighted by atomic mass is 10.3. The minimum Gasteiger partial charge on any atom is -0.492 e. The Labute approximate surface area is 176 Å². The summed E-state index contributed by atoms with van der Waals surface area (Å²) < 4.78 is 19.9. The Morgan fingerprint density at radius 2 is 1.63 bits per heavy atom. The molecule has 0 saturated carbocycles. The molecule has 2 N–H and O–H groups in total. The molecule has 0 radical (unpaired) electrons. The molecule has 13 heteroatoms. The highest BCUT2D eigenvalue weighted by Crippen LogP contribution is 2.17. The zero-order valence-corrected chi connectivity index (χ0v) is 17.0. The average molecular weight is 446 g/mol. The molecule has 1 rings (SSSR count). The molecular formula is C17H22N2O10S. The largest absolute Gasteiger partial charge is 0.492 e. The fourth-order valence-corrected chi connectivity index (χ4v) is 2.65. The molecule has 0 aromatic heterocycles. The van der Waals surface area contributed by atoms with Crippen molar-refractivity contribution in [3.63, 3.8) is 0 Å². The predicted octanol–water partition coefficient (Wildman–Crippen LogP) is -0.00170. The van der Waals surface area contributed by atoms with Crippen LogP contribution in [-0.4, -0.2) is 73.9 Å². The maximum Gasteiger partial charge on any atom is 0.375 e. The van der Waals surface area contributed by atoms with Crippen molar-refractivity contribution in [2.24, 2.45) is 5.73 Å². The van der Waals surface area contributed by atoms with Crippen LogP contribution in [0.15, 0.2) is 24.3 Å². The number of thioether (sulfide) groups is 1. The van der Waals surface area contributed by atoms with Gasteiger partial charge in [-0.1, -0.05) is 0 Å². The summed E-state index contributed by atoms with van der Waals surface area (Å²) in [5, 5.41) is 9.10. The Morgan fingerprint density at radius 3 is 2.17 bits per heavy atom. The average Bonchev–Trinajstić information content (AvgIpc) is 2.74. The van der Waals surface area contributed by atoms with Gasteiger partial charge in [0.25, 0.3) is 5.09 Å². The summed E-state index contributed by atoms with van der Waals surface area (Å²) in [6.07, 6.45) is 0. The standard InChI is InChI=1S/C17H22N2O10S/c1-25-16(21)14(18)10-30-11-15(20)17(22)28-7-6-26-12-2-4-13(5-3-12)27-8-9-29-19(23)24/h2-5,14H,6-11,18H2,1H3/t14-/m1/s1. The van der Waals surface area contributed by atoms with E-state index >= 15 is 0 Å². The molecule has 0 bridgehead atoms. The summed E-state index contributed by atoms with van der Waals surface area (Å²) in [6.45, 7) is -0.284. The first-order valence-corrected chi connectivity index (χ1v) is 9.73. The molecule has 1 aromatic carbocycles. The fourth-order valence-electron chi connectivity index (χ4n) is 1.83. The first kappa shape index (κ1) is 25.0. The molecule has 166 valence electrons. The van der Waals surface area contributed by atoms with E-state index in [0.717, 1.165) is 11.8 Å². The summed E-state index contributed by atoms with van der Waals surface area (Å²) in [5.74, 6) is -1.44. The van der Waals surface area contributed by atoms with E-state index in [9.17, 15) is 24.5 Å². The van der Waals surface area contributed by atoms with Crippen molar-refractivity contribution in [3.8, 4) is 11.5 Å². The number of esters is 2. The van der Waals surface area contributed by atoms with Crippen LogP contribution in [0.2, 0.25) is 0 Å². The second-order valence-electron chi connectivity index (χ2n) is 5.43. The lowest BCUT2D eigenvalue weighted by molar-refractivity contribution is -0.757. The molecule has 0 saturated heterocycles. The van der Waals surface area contributed by atoms with Gasteiger partial charge in [-0.05, 0) is 24.3 Å². The number of benzene rings is 1. The van der Waals surface area contributed by atoms with Gasteiger partial charge in [-0.2, -0.15) is 11.8 Å². The van der Waals surface area contributed by atoms with Crippen molar-refractivity contribution in [1.82, 2.24) is 0 Å². The van der Waals surface area contributed by atoms with Gasteiger partial charge in [-0.3, -0.25) is 9.59 Å². The van der Waals surface area contributed by atoms with Crippen molar-refractivity contribution < 1.29 is 43.3 Å². The Balaban J connectivity index is 2.18. The van der Waals surface area contributed by atoms with Crippen molar-refractivity contribution in [2.75, 3.05) is 45.0 Å². The van der Waals surface area contributed by atoms with Crippen LogP contribution < -0.4 is 15.2 Å². The van der Waals surface area contributed by atoms with Crippen LogP contribution in [0.1, 0.15) is 0 Å². The van der Waals surface area contributed by atoms with Crippen LogP contribution in [0, 0.1) is 10.1 Å². The molecule has 30 heavy (non-hydrogen) atoms. The second-order valence-corrected chi connectivity index (χ2v) is 6.46. The molecule has 0 amide bonds. The first-order chi connectivity index (χ1) is 14.3. The van der Waals surface area contributed by atoms with E-state index in [1.54, 1.807) is 24.3 Å². The topological polar surface area (TPSA) is 167 Å². The van der Waals surface area contributed by atoms with Crippen LogP contribution in [0.25, 0.3) is 0 Å². The van der Waals surface area contributed by atoms with Crippen LogP contribution >= 0.6 is 11.8 Å². The van der Waals surface area contributed by atoms with E-state index in [1.807, 2.05) is 0 Å². The van der Waals surface area contributed by atoms with Gasteiger partial charge in [-0.15, -0.1) is 10.1 Å². The monoisotopic (exact) mass is 446 g/mol. The molecule has 0 aliphatic rings. The summed E-state index contributed by atoms with van der Waals surface area (Å²) in [7, 11) is 1.21. The molecule has 12 nitrogen and oxygen atoms in total. The lowest BCUT2D eigenvalue weighted by Gasteiger charge is -2.09. The van der Waals surface area contributed by atoms with Crippen LogP contribution in [0.4, 0.5) is 0 Å². The minimum atomic E-state index is -1.00. The van der Waals surface area contributed by atoms with Crippen LogP contribution in [0.3, 0.4) is 0 Å². The Hall–Kier alpha value is -3.06. The van der Waals surface area contributed by atoms with E-state index in [1.165, 1.54) is 7.11 Å². The number of methoxy groups -OCH3 is 1. The minimum absolute atomic E-state index is 0.0120. The van der Waals surface area contributed by atoms with Gasteiger partial charge in [-0.25, -0.2) is 4.79 Å². The van der Waals surface area contributed by atoms with Gasteiger partial charge in [0, 0.05) is 5.75 Å². The molecule has 0 unspecified atom stereocenters. The molecule has 0 fully saturated rings. The number of hydrogen-bond acceptors (Lipinski definition) is 12. The first-order valence-electron chi connectivity index (χ1n) is 8.57. The molecular weight excluding hydrogens is 424 g/mol. The number of carbonyl (C=O) groups is 3. The van der Waals surface area contributed by atoms with E-state index in [4.69, 9.17) is 19.9 Å². The summed E-state index contributed by atoms with van der Waals surface area (Å²) in [6, 6.07) is 5.50. The van der Waals surface area contributed by atoms with Crippen molar-refractivity contribution in [3.05, 3.63) is 34.4 Å². The Bertz CT molecular complexity index is 713. The van der Waals surface area contributed by atoms with E-state index < -0.39 is 28.9 Å². The number of Topliss-reactive ketones (excluding diaryl/α,β-unsaturated/α-hetero) is 1. The number of nitrogens with two attached hydrogens (primary N) is 1. The van der Waals surface area contributed by atoms with Gasteiger partial charge in [0.15, 0.2) is 0 Å². The second kappa shape index (κ2) is 14.0. The molecule has 0 heterocycles. The molecule has 0 aliphatic carbocycles. The predicted molar refractivity (Wildman–Crippen MR) is 104 cm³/mol. The summed E-state index contributed by atoms with van der Waals surface area (Å²) >= 11 is 1.03. The molecule has 0 spiro atoms. The highest BCUT2D eigenvalue weighted by atomic mass is 32.2. The van der Waals surface area contributed by atoms with Crippen molar-refractivity contribution in [1.29, 1.82) is 0 Å². The van der Waals surface area contributed by atoms with Gasteiger partial charge in [0.05, 0.1) is 12.9 Å². The molecule has 1 aromatic rings. The maximum atomic E-state index is 11.7. The normalized spacial score (nSPS) is 11.1. The van der Waals surface area contributed by atoms with Gasteiger partial charge < -0.3 is 29.5 Å². The number of nitrogens with zero attached hydrogens (tertiary/aromatic N) is 1. The number of hydrogen-bond donors (Lipinski definition) is 1. The summed E-state index contributed by atoms with van der Waals surface area (Å²) in [5.41, 5.74) is 5.52. The van der Waals surface area contributed by atoms with Gasteiger partial charge in [0.2, 0.25) is 5.78 Å². The van der Waals surface area contributed by atoms with Crippen molar-refractivity contribution >= 4 is 29.5 Å². The third kappa shape index (κ3) is 10.5. The number of ether oxygens (including phenoxy) is 4. The van der Waals surface area contributed by atoms with E-state index in [0.29, 0.717) is 11.5 Å². The quantitative estimate of drug-likeness (QED) is 0.126. The van der Waals surface area contributed by atoms with E-state index in [-0.39, 0.29) is 37.9 Å². The zero-order valence-electron chi connectivity index (χ0n) is 16.1. The third-order valence-electron chi connectivity index (χ3n) is 3.22. The lowest BCUT2D eigenvalue weighted by Crippen LogP contribution is -2.34. The highest BCUT2D eigenvalue weighted by Gasteiger charge is 2.18.